The molecule has 0 aromatic carbocycles. The molecule has 0 radical (unpaired) electrons. The van der Waals surface area contributed by atoms with Gasteiger partial charge in [0.1, 0.15) is 0 Å². The molecule has 1 heterocycles. The molecule has 0 aliphatic rings. The molecule has 11 heavy (non-hydrogen) atoms. The van der Waals surface area contributed by atoms with Crippen LogP contribution in [0, 0.1) is 0 Å². The summed E-state index contributed by atoms with van der Waals surface area (Å²) in [6.45, 7) is 2.14. The van der Waals surface area contributed by atoms with Gasteiger partial charge < -0.3 is 5.73 Å². The lowest BCUT2D eigenvalue weighted by Gasteiger charge is -2.06. The minimum absolute atomic E-state index is 0.254. The molecular formula is C7H13N3S. The van der Waals surface area contributed by atoms with E-state index >= 15 is 0 Å². The van der Waals surface area contributed by atoms with Gasteiger partial charge in [0.15, 0.2) is 0 Å². The smallest absolute Gasteiger partial charge is 0.0758 e. The van der Waals surface area contributed by atoms with Gasteiger partial charge in [0.05, 0.1) is 23.6 Å². The summed E-state index contributed by atoms with van der Waals surface area (Å²) in [6.07, 6.45) is 4.86. The van der Waals surface area contributed by atoms with Crippen LogP contribution in [0.2, 0.25) is 0 Å². The highest BCUT2D eigenvalue weighted by Gasteiger charge is 2.03. The molecule has 3 nitrogen and oxygen atoms in total. The molecule has 1 aromatic heterocycles. The van der Waals surface area contributed by atoms with Crippen molar-refractivity contribution in [3.8, 4) is 0 Å². The average Bonchev–Trinajstić information content (AvgIpc) is 2.40. The van der Waals surface area contributed by atoms with Crippen LogP contribution in [0.25, 0.3) is 0 Å². The van der Waals surface area contributed by atoms with E-state index in [1.165, 1.54) is 11.7 Å². The fourth-order valence-corrected chi connectivity index (χ4v) is 1.46. The Morgan fingerprint density at radius 2 is 2.55 bits per heavy atom. The van der Waals surface area contributed by atoms with Crippen molar-refractivity contribution >= 4 is 11.7 Å². The number of aromatic nitrogens is 2. The zero-order valence-corrected chi connectivity index (χ0v) is 7.47. The van der Waals surface area contributed by atoms with Crippen molar-refractivity contribution in [2.45, 2.75) is 32.2 Å². The highest BCUT2D eigenvalue weighted by atomic mass is 32.1. The molecule has 0 aliphatic heterocycles. The van der Waals surface area contributed by atoms with Gasteiger partial charge in [0.2, 0.25) is 0 Å². The second-order valence-electron chi connectivity index (χ2n) is 2.65. The third-order valence-corrected chi connectivity index (χ3v) is 2.05. The van der Waals surface area contributed by atoms with E-state index in [1.807, 2.05) is 0 Å². The van der Waals surface area contributed by atoms with Crippen LogP contribution in [0.15, 0.2) is 6.20 Å². The van der Waals surface area contributed by atoms with Gasteiger partial charge >= 0.3 is 0 Å². The molecular weight excluding hydrogens is 158 g/mol. The van der Waals surface area contributed by atoms with Gasteiger partial charge in [-0.3, -0.25) is 0 Å². The third kappa shape index (κ3) is 2.95. The summed E-state index contributed by atoms with van der Waals surface area (Å²) in [7, 11) is 0. The first-order valence-electron chi connectivity index (χ1n) is 3.85. The molecule has 1 atom stereocenters. The van der Waals surface area contributed by atoms with Crippen LogP contribution in [0.1, 0.15) is 25.5 Å². The van der Waals surface area contributed by atoms with Gasteiger partial charge in [-0.1, -0.05) is 13.3 Å². The Morgan fingerprint density at radius 1 is 1.73 bits per heavy atom. The Bertz CT molecular complexity index is 186. The summed E-state index contributed by atoms with van der Waals surface area (Å²) >= 11 is 1.24. The molecule has 0 saturated heterocycles. The summed E-state index contributed by atoms with van der Waals surface area (Å²) in [5.41, 5.74) is 6.84. The summed E-state index contributed by atoms with van der Waals surface area (Å²) in [5.74, 6) is 0. The molecule has 0 fully saturated rings. The number of hydrogen-bond acceptors (Lipinski definition) is 4. The Morgan fingerprint density at radius 3 is 3.09 bits per heavy atom. The van der Waals surface area contributed by atoms with E-state index in [2.05, 4.69) is 15.7 Å². The standard InChI is InChI=1S/C7H13N3S/c1-2-3-6(8)4-7-5-9-11-10-7/h5-6H,2-4,8H2,1H3. The minimum Gasteiger partial charge on any atom is -0.327 e. The quantitative estimate of drug-likeness (QED) is 0.740. The first-order valence-corrected chi connectivity index (χ1v) is 4.58. The molecule has 1 rings (SSSR count). The third-order valence-electron chi connectivity index (χ3n) is 1.54. The second-order valence-corrected chi connectivity index (χ2v) is 3.21. The molecule has 0 spiro atoms. The monoisotopic (exact) mass is 171 g/mol. The molecule has 2 N–H and O–H groups in total. The van der Waals surface area contributed by atoms with Crippen LogP contribution in [0.4, 0.5) is 0 Å². The number of rotatable bonds is 4. The molecule has 0 saturated carbocycles. The van der Waals surface area contributed by atoms with Crippen molar-refractivity contribution in [2.75, 3.05) is 0 Å². The predicted molar refractivity (Wildman–Crippen MR) is 46.5 cm³/mol. The maximum atomic E-state index is 5.81. The Hall–Kier alpha value is -0.480. The lowest BCUT2D eigenvalue weighted by Crippen LogP contribution is -2.22. The van der Waals surface area contributed by atoms with Crippen molar-refractivity contribution in [2.24, 2.45) is 5.73 Å². The molecule has 0 aliphatic carbocycles. The second kappa shape index (κ2) is 4.41. The van der Waals surface area contributed by atoms with Crippen LogP contribution in [-0.4, -0.2) is 14.8 Å². The first kappa shape index (κ1) is 8.62. The number of hydrogen-bond donors (Lipinski definition) is 1. The lowest BCUT2D eigenvalue weighted by molar-refractivity contribution is 0.595. The minimum atomic E-state index is 0.254. The van der Waals surface area contributed by atoms with Gasteiger partial charge in [-0.05, 0) is 6.42 Å². The van der Waals surface area contributed by atoms with Crippen molar-refractivity contribution in [1.29, 1.82) is 0 Å². The van der Waals surface area contributed by atoms with Crippen molar-refractivity contribution < 1.29 is 0 Å². The Balaban J connectivity index is 2.31. The van der Waals surface area contributed by atoms with Crippen LogP contribution < -0.4 is 5.73 Å². The van der Waals surface area contributed by atoms with Gasteiger partial charge in [0, 0.05) is 12.5 Å². The van der Waals surface area contributed by atoms with E-state index < -0.39 is 0 Å². The Kier molecular flexibility index (Phi) is 3.45. The van der Waals surface area contributed by atoms with Gasteiger partial charge in [0.25, 0.3) is 0 Å². The highest BCUT2D eigenvalue weighted by molar-refractivity contribution is 6.99. The van der Waals surface area contributed by atoms with Crippen LogP contribution in [-0.2, 0) is 6.42 Å². The van der Waals surface area contributed by atoms with Gasteiger partial charge in [-0.25, -0.2) is 0 Å². The molecule has 1 unspecified atom stereocenters. The van der Waals surface area contributed by atoms with E-state index in [0.717, 1.165) is 25.0 Å². The van der Waals surface area contributed by atoms with Gasteiger partial charge in [-0.15, -0.1) is 0 Å². The predicted octanol–water partition coefficient (Wildman–Crippen LogP) is 1.21. The zero-order valence-electron chi connectivity index (χ0n) is 6.66. The lowest BCUT2D eigenvalue weighted by atomic mass is 10.1. The maximum Gasteiger partial charge on any atom is 0.0758 e. The van der Waals surface area contributed by atoms with E-state index in [-0.39, 0.29) is 6.04 Å². The topological polar surface area (TPSA) is 51.8 Å². The van der Waals surface area contributed by atoms with E-state index in [1.54, 1.807) is 6.20 Å². The van der Waals surface area contributed by atoms with Crippen LogP contribution >= 0.6 is 11.7 Å². The van der Waals surface area contributed by atoms with Crippen molar-refractivity contribution in [3.63, 3.8) is 0 Å². The first-order chi connectivity index (χ1) is 5.33. The van der Waals surface area contributed by atoms with Crippen molar-refractivity contribution in [1.82, 2.24) is 8.75 Å². The highest BCUT2D eigenvalue weighted by Crippen LogP contribution is 2.02. The van der Waals surface area contributed by atoms with Crippen molar-refractivity contribution in [3.05, 3.63) is 11.9 Å². The fourth-order valence-electron chi connectivity index (χ4n) is 1.02. The number of nitrogens with zero attached hydrogens (tertiary/aromatic N) is 2. The maximum absolute atomic E-state index is 5.81. The molecule has 4 heteroatoms. The van der Waals surface area contributed by atoms with Crippen LogP contribution in [0.3, 0.4) is 0 Å². The molecule has 1 aromatic rings. The summed E-state index contributed by atoms with van der Waals surface area (Å²) in [6, 6.07) is 0.254. The fraction of sp³-hybridized carbons (Fsp3) is 0.714. The summed E-state index contributed by atoms with van der Waals surface area (Å²) in [4.78, 5) is 0. The van der Waals surface area contributed by atoms with E-state index in [0.29, 0.717) is 0 Å². The SMILES string of the molecule is CCCC(N)Cc1cnsn1. The molecule has 0 bridgehead atoms. The summed E-state index contributed by atoms with van der Waals surface area (Å²) < 4.78 is 8.00. The van der Waals surface area contributed by atoms with E-state index in [4.69, 9.17) is 5.73 Å². The van der Waals surface area contributed by atoms with Gasteiger partial charge in [-0.2, -0.15) is 8.75 Å². The number of nitrogens with two attached hydrogens (primary N) is 1. The Labute approximate surface area is 71.0 Å². The largest absolute Gasteiger partial charge is 0.327 e. The summed E-state index contributed by atoms with van der Waals surface area (Å²) in [5, 5.41) is 0. The normalized spacial score (nSPS) is 13.3. The molecule has 62 valence electrons. The average molecular weight is 171 g/mol. The zero-order chi connectivity index (χ0) is 8.10. The van der Waals surface area contributed by atoms with E-state index in [9.17, 15) is 0 Å². The molecule has 0 amide bonds. The van der Waals surface area contributed by atoms with Crippen LogP contribution in [0.5, 0.6) is 0 Å².